The van der Waals surface area contributed by atoms with Crippen molar-refractivity contribution in [1.29, 1.82) is 0 Å². The summed E-state index contributed by atoms with van der Waals surface area (Å²) in [4.78, 5) is 0. The van der Waals surface area contributed by atoms with Crippen molar-refractivity contribution in [1.82, 2.24) is 0 Å². The summed E-state index contributed by atoms with van der Waals surface area (Å²) in [5, 5.41) is 0. The SMILES string of the molecule is [CH2+]Cc1cc(C)c(CN)cc1C. The molecule has 0 bridgehead atoms. The molecule has 0 aromatic heterocycles. The number of nitrogens with two attached hydrogens (primary N) is 1. The summed E-state index contributed by atoms with van der Waals surface area (Å²) in [6, 6.07) is 4.35. The quantitative estimate of drug-likeness (QED) is 0.662. The van der Waals surface area contributed by atoms with Gasteiger partial charge in [-0.3, -0.25) is 0 Å². The lowest BCUT2D eigenvalue weighted by atomic mass is 9.99. The number of hydrogen-bond donors (Lipinski definition) is 1. The van der Waals surface area contributed by atoms with Gasteiger partial charge in [0.15, 0.2) is 0 Å². The lowest BCUT2D eigenvalue weighted by Gasteiger charge is -2.07. The number of benzene rings is 1. The van der Waals surface area contributed by atoms with E-state index < -0.39 is 0 Å². The maximum Gasteiger partial charge on any atom is 0.110 e. The molecule has 1 aromatic rings. The molecule has 0 atom stereocenters. The van der Waals surface area contributed by atoms with Gasteiger partial charge in [0.25, 0.3) is 0 Å². The standard InChI is InChI=1S/C11H16N/c1-4-10-5-9(3)11(7-12)6-8(10)2/h5-6H,1,4,7,12H2,2-3H3/q+1. The molecule has 0 aliphatic carbocycles. The molecule has 0 fully saturated rings. The molecule has 1 aromatic carbocycles. The molecule has 64 valence electrons. The van der Waals surface area contributed by atoms with Crippen LogP contribution in [0.4, 0.5) is 0 Å². The highest BCUT2D eigenvalue weighted by Gasteiger charge is 2.03. The molecular weight excluding hydrogens is 146 g/mol. The zero-order chi connectivity index (χ0) is 9.14. The molecule has 0 unspecified atom stereocenters. The molecule has 0 heterocycles. The maximum atomic E-state index is 5.60. The minimum atomic E-state index is 0.629. The van der Waals surface area contributed by atoms with Crippen molar-refractivity contribution in [3.8, 4) is 0 Å². The van der Waals surface area contributed by atoms with Crippen LogP contribution in [0.1, 0.15) is 22.3 Å². The van der Waals surface area contributed by atoms with Gasteiger partial charge in [-0.05, 0) is 36.1 Å². The van der Waals surface area contributed by atoms with Crippen LogP contribution in [0.5, 0.6) is 0 Å². The highest BCUT2D eigenvalue weighted by molar-refractivity contribution is 5.37. The predicted octanol–water partition coefficient (Wildman–Crippen LogP) is 2.14. The van der Waals surface area contributed by atoms with Crippen molar-refractivity contribution in [3.05, 3.63) is 41.3 Å². The van der Waals surface area contributed by atoms with Crippen molar-refractivity contribution in [2.75, 3.05) is 0 Å². The van der Waals surface area contributed by atoms with Crippen LogP contribution >= 0.6 is 0 Å². The van der Waals surface area contributed by atoms with Crippen LogP contribution < -0.4 is 5.73 Å². The number of rotatable bonds is 2. The Morgan fingerprint density at radius 2 is 1.67 bits per heavy atom. The van der Waals surface area contributed by atoms with Gasteiger partial charge in [0.1, 0.15) is 6.42 Å². The van der Waals surface area contributed by atoms with Crippen LogP contribution in [-0.4, -0.2) is 0 Å². The first-order chi connectivity index (χ1) is 5.69. The van der Waals surface area contributed by atoms with Gasteiger partial charge in [-0.2, -0.15) is 0 Å². The van der Waals surface area contributed by atoms with Crippen LogP contribution in [-0.2, 0) is 13.0 Å². The van der Waals surface area contributed by atoms with E-state index in [4.69, 9.17) is 5.73 Å². The van der Waals surface area contributed by atoms with Crippen LogP contribution in [0.15, 0.2) is 12.1 Å². The summed E-state index contributed by atoms with van der Waals surface area (Å²) in [7, 11) is 0. The molecule has 0 saturated carbocycles. The van der Waals surface area contributed by atoms with Gasteiger partial charge in [-0.25, -0.2) is 0 Å². The van der Waals surface area contributed by atoms with Gasteiger partial charge in [0, 0.05) is 6.54 Å². The van der Waals surface area contributed by atoms with Gasteiger partial charge in [0.05, 0.1) is 6.92 Å². The lowest BCUT2D eigenvalue weighted by molar-refractivity contribution is 1.03. The van der Waals surface area contributed by atoms with Gasteiger partial charge >= 0.3 is 0 Å². The fourth-order valence-electron chi connectivity index (χ4n) is 1.43. The van der Waals surface area contributed by atoms with Gasteiger partial charge in [0.2, 0.25) is 0 Å². The van der Waals surface area contributed by atoms with E-state index in [2.05, 4.69) is 32.9 Å². The minimum absolute atomic E-state index is 0.629. The monoisotopic (exact) mass is 162 g/mol. The molecule has 1 heteroatoms. The largest absolute Gasteiger partial charge is 0.326 e. The average Bonchev–Trinajstić information content (AvgIpc) is 2.08. The molecule has 1 rings (SSSR count). The normalized spacial score (nSPS) is 10.2. The minimum Gasteiger partial charge on any atom is -0.326 e. The Labute approximate surface area is 74.6 Å². The second-order valence-electron chi connectivity index (χ2n) is 3.16. The van der Waals surface area contributed by atoms with Crippen LogP contribution in [0.3, 0.4) is 0 Å². The third-order valence-corrected chi connectivity index (χ3v) is 2.28. The van der Waals surface area contributed by atoms with E-state index in [1.54, 1.807) is 0 Å². The molecule has 0 aliphatic rings. The molecule has 0 aliphatic heterocycles. The van der Waals surface area contributed by atoms with Crippen LogP contribution in [0, 0.1) is 20.8 Å². The second kappa shape index (κ2) is 3.63. The average molecular weight is 162 g/mol. The highest BCUT2D eigenvalue weighted by Crippen LogP contribution is 2.15. The van der Waals surface area contributed by atoms with E-state index in [0.717, 1.165) is 6.42 Å². The molecule has 2 N–H and O–H groups in total. The van der Waals surface area contributed by atoms with Crippen LogP contribution in [0.25, 0.3) is 0 Å². The smallest absolute Gasteiger partial charge is 0.110 e. The van der Waals surface area contributed by atoms with E-state index in [1.807, 2.05) is 0 Å². The van der Waals surface area contributed by atoms with E-state index in [9.17, 15) is 0 Å². The Morgan fingerprint density at radius 1 is 1.17 bits per heavy atom. The Hall–Kier alpha value is -0.950. The highest BCUT2D eigenvalue weighted by atomic mass is 14.5. The Bertz CT molecular complexity index is 247. The van der Waals surface area contributed by atoms with E-state index >= 15 is 0 Å². The third-order valence-electron chi connectivity index (χ3n) is 2.28. The summed E-state index contributed by atoms with van der Waals surface area (Å²) >= 11 is 0. The molecule has 0 saturated heterocycles. The molecule has 0 amide bonds. The molecular formula is C11H16N+. The van der Waals surface area contributed by atoms with Gasteiger partial charge in [-0.1, -0.05) is 12.1 Å². The van der Waals surface area contributed by atoms with Crippen molar-refractivity contribution in [3.63, 3.8) is 0 Å². The van der Waals surface area contributed by atoms with Gasteiger partial charge in [-0.15, -0.1) is 0 Å². The van der Waals surface area contributed by atoms with Crippen LogP contribution in [0.2, 0.25) is 0 Å². The fraction of sp³-hybridized carbons (Fsp3) is 0.364. The first-order valence-electron chi connectivity index (χ1n) is 4.27. The third kappa shape index (κ3) is 1.62. The summed E-state index contributed by atoms with van der Waals surface area (Å²) in [5.41, 5.74) is 10.7. The van der Waals surface area contributed by atoms with Crippen molar-refractivity contribution in [2.45, 2.75) is 26.8 Å². The summed E-state index contributed by atoms with van der Waals surface area (Å²) in [5.74, 6) is 0. The number of hydrogen-bond acceptors (Lipinski definition) is 1. The zero-order valence-corrected chi connectivity index (χ0v) is 7.85. The van der Waals surface area contributed by atoms with Crippen molar-refractivity contribution in [2.24, 2.45) is 5.73 Å². The van der Waals surface area contributed by atoms with Crippen molar-refractivity contribution < 1.29 is 0 Å². The molecule has 0 spiro atoms. The first kappa shape index (κ1) is 9.14. The molecule has 12 heavy (non-hydrogen) atoms. The predicted molar refractivity (Wildman–Crippen MR) is 52.9 cm³/mol. The van der Waals surface area contributed by atoms with E-state index in [1.165, 1.54) is 22.3 Å². The summed E-state index contributed by atoms with van der Waals surface area (Å²) in [6.07, 6.45) is 0.859. The van der Waals surface area contributed by atoms with E-state index in [-0.39, 0.29) is 0 Å². The maximum absolute atomic E-state index is 5.60. The number of aryl methyl sites for hydroxylation is 2. The zero-order valence-electron chi connectivity index (χ0n) is 7.85. The molecule has 1 nitrogen and oxygen atoms in total. The Balaban J connectivity index is 3.16. The topological polar surface area (TPSA) is 26.0 Å². The second-order valence-corrected chi connectivity index (χ2v) is 3.16. The Morgan fingerprint density at radius 3 is 2.17 bits per heavy atom. The lowest BCUT2D eigenvalue weighted by Crippen LogP contribution is -2.01. The summed E-state index contributed by atoms with van der Waals surface area (Å²) < 4.78 is 0. The Kier molecular flexibility index (Phi) is 2.77. The fourth-order valence-corrected chi connectivity index (χ4v) is 1.43. The first-order valence-corrected chi connectivity index (χ1v) is 4.27. The van der Waals surface area contributed by atoms with Crippen molar-refractivity contribution >= 4 is 0 Å². The van der Waals surface area contributed by atoms with E-state index in [0.29, 0.717) is 6.54 Å². The van der Waals surface area contributed by atoms with Gasteiger partial charge < -0.3 is 5.73 Å². The summed E-state index contributed by atoms with van der Waals surface area (Å²) in [6.45, 7) is 8.72. The molecule has 0 radical (unpaired) electrons.